The third-order valence-corrected chi connectivity index (χ3v) is 4.02. The van der Waals surface area contributed by atoms with Crippen LogP contribution in [0.5, 0.6) is 11.5 Å². The van der Waals surface area contributed by atoms with Gasteiger partial charge in [0.15, 0.2) is 11.5 Å². The Balaban J connectivity index is 2.18. The van der Waals surface area contributed by atoms with Crippen molar-refractivity contribution in [1.29, 1.82) is 0 Å². The van der Waals surface area contributed by atoms with Gasteiger partial charge in [-0.05, 0) is 25.0 Å². The summed E-state index contributed by atoms with van der Waals surface area (Å²) in [6.45, 7) is 1.37. The molecule has 0 saturated carbocycles. The first kappa shape index (κ1) is 15.9. The van der Waals surface area contributed by atoms with E-state index in [0.29, 0.717) is 35.2 Å². The number of halogens is 1. The van der Waals surface area contributed by atoms with Crippen LogP contribution in [0.3, 0.4) is 0 Å². The molecular weight excluding hydrogens is 294 g/mol. The van der Waals surface area contributed by atoms with E-state index in [0.717, 1.165) is 12.8 Å². The summed E-state index contributed by atoms with van der Waals surface area (Å²) in [5.41, 5.74) is 0.508. The predicted octanol–water partition coefficient (Wildman–Crippen LogP) is 2.61. The Hall–Kier alpha value is -1.46. The quantitative estimate of drug-likeness (QED) is 0.857. The highest BCUT2D eigenvalue weighted by atomic mass is 35.5. The van der Waals surface area contributed by atoms with E-state index in [1.165, 1.54) is 14.2 Å². The van der Waals surface area contributed by atoms with Gasteiger partial charge in [0.1, 0.15) is 0 Å². The smallest absolute Gasteiger partial charge is 0.254 e. The third-order valence-electron chi connectivity index (χ3n) is 3.74. The second-order valence-electron chi connectivity index (χ2n) is 4.92. The van der Waals surface area contributed by atoms with Crippen molar-refractivity contribution >= 4 is 17.5 Å². The zero-order chi connectivity index (χ0) is 15.4. The largest absolute Gasteiger partial charge is 0.493 e. The highest BCUT2D eigenvalue weighted by molar-refractivity contribution is 6.32. The second-order valence-corrected chi connectivity index (χ2v) is 5.33. The van der Waals surface area contributed by atoms with Gasteiger partial charge in [-0.2, -0.15) is 0 Å². The molecule has 1 amide bonds. The first-order valence-corrected chi connectivity index (χ1v) is 7.22. The van der Waals surface area contributed by atoms with Crippen molar-refractivity contribution in [3.8, 4) is 11.5 Å². The number of hydrogen-bond acceptors (Lipinski definition) is 4. The van der Waals surface area contributed by atoms with Crippen molar-refractivity contribution in [2.45, 2.75) is 18.9 Å². The molecular formula is C15H20ClNO4. The van der Waals surface area contributed by atoms with E-state index in [1.54, 1.807) is 19.2 Å². The number of ether oxygens (including phenoxy) is 3. The maximum atomic E-state index is 12.5. The summed E-state index contributed by atoms with van der Waals surface area (Å²) in [6, 6.07) is 3.28. The molecule has 1 aromatic rings. The van der Waals surface area contributed by atoms with Crippen molar-refractivity contribution in [1.82, 2.24) is 4.90 Å². The van der Waals surface area contributed by atoms with Gasteiger partial charge in [0, 0.05) is 25.8 Å². The fraction of sp³-hybridized carbons (Fsp3) is 0.533. The molecule has 116 valence electrons. The van der Waals surface area contributed by atoms with E-state index >= 15 is 0 Å². The van der Waals surface area contributed by atoms with Crippen LogP contribution >= 0.6 is 11.6 Å². The van der Waals surface area contributed by atoms with Crippen molar-refractivity contribution in [2.75, 3.05) is 34.4 Å². The Morgan fingerprint density at radius 2 is 1.86 bits per heavy atom. The maximum absolute atomic E-state index is 12.5. The minimum Gasteiger partial charge on any atom is -0.493 e. The minimum atomic E-state index is -0.0487. The van der Waals surface area contributed by atoms with Crippen LogP contribution in [-0.4, -0.2) is 51.3 Å². The Morgan fingerprint density at radius 3 is 2.38 bits per heavy atom. The molecule has 0 N–H and O–H groups in total. The lowest BCUT2D eigenvalue weighted by atomic mass is 10.1. The Morgan fingerprint density at radius 1 is 1.19 bits per heavy atom. The maximum Gasteiger partial charge on any atom is 0.254 e. The summed E-state index contributed by atoms with van der Waals surface area (Å²) in [5.74, 6) is 0.848. The summed E-state index contributed by atoms with van der Waals surface area (Å²) in [5, 5.41) is 0.368. The number of methoxy groups -OCH3 is 3. The van der Waals surface area contributed by atoms with Crippen LogP contribution in [0, 0.1) is 0 Å². The fourth-order valence-corrected chi connectivity index (χ4v) is 2.81. The Kier molecular flexibility index (Phi) is 5.31. The SMILES string of the molecule is COc1cc(C(=O)N2CCC(OC)CC2)cc(Cl)c1OC. The second kappa shape index (κ2) is 7.00. The molecule has 5 nitrogen and oxygen atoms in total. The normalized spacial score (nSPS) is 15.9. The summed E-state index contributed by atoms with van der Waals surface area (Å²) in [6.07, 6.45) is 1.94. The number of amides is 1. The van der Waals surface area contributed by atoms with Crippen molar-refractivity contribution < 1.29 is 19.0 Å². The molecule has 2 rings (SSSR count). The fourth-order valence-electron chi connectivity index (χ4n) is 2.52. The van der Waals surface area contributed by atoms with Gasteiger partial charge in [-0.15, -0.1) is 0 Å². The van der Waals surface area contributed by atoms with Gasteiger partial charge in [-0.3, -0.25) is 4.79 Å². The summed E-state index contributed by atoms with van der Waals surface area (Å²) in [4.78, 5) is 14.4. The van der Waals surface area contributed by atoms with Crippen molar-refractivity contribution in [3.63, 3.8) is 0 Å². The molecule has 0 unspecified atom stereocenters. The van der Waals surface area contributed by atoms with Crippen molar-refractivity contribution in [3.05, 3.63) is 22.7 Å². The molecule has 0 spiro atoms. The number of carbonyl (C=O) groups excluding carboxylic acids is 1. The number of piperidine rings is 1. The zero-order valence-corrected chi connectivity index (χ0v) is 13.3. The molecule has 0 aliphatic carbocycles. The summed E-state index contributed by atoms with van der Waals surface area (Å²) < 4.78 is 15.7. The lowest BCUT2D eigenvalue weighted by Gasteiger charge is -2.31. The van der Waals surface area contributed by atoms with Crippen LogP contribution in [0.4, 0.5) is 0 Å². The minimum absolute atomic E-state index is 0.0487. The molecule has 1 aliphatic heterocycles. The zero-order valence-electron chi connectivity index (χ0n) is 12.5. The highest BCUT2D eigenvalue weighted by Gasteiger charge is 2.25. The molecule has 1 aromatic carbocycles. The van der Waals surface area contributed by atoms with Crippen LogP contribution in [0.25, 0.3) is 0 Å². The van der Waals surface area contributed by atoms with Crippen LogP contribution in [0.1, 0.15) is 23.2 Å². The molecule has 1 saturated heterocycles. The molecule has 21 heavy (non-hydrogen) atoms. The molecule has 1 heterocycles. The monoisotopic (exact) mass is 313 g/mol. The Bertz CT molecular complexity index is 513. The summed E-state index contributed by atoms with van der Waals surface area (Å²) >= 11 is 6.15. The molecule has 6 heteroatoms. The lowest BCUT2D eigenvalue weighted by molar-refractivity contribution is 0.0350. The summed E-state index contributed by atoms with van der Waals surface area (Å²) in [7, 11) is 4.74. The average molecular weight is 314 g/mol. The number of carbonyl (C=O) groups is 1. The van der Waals surface area contributed by atoms with E-state index in [2.05, 4.69) is 0 Å². The van der Waals surface area contributed by atoms with Gasteiger partial charge in [-0.1, -0.05) is 11.6 Å². The predicted molar refractivity (Wildman–Crippen MR) is 80.5 cm³/mol. The lowest BCUT2D eigenvalue weighted by Crippen LogP contribution is -2.40. The van der Waals surface area contributed by atoms with Gasteiger partial charge in [0.25, 0.3) is 5.91 Å². The number of nitrogens with zero attached hydrogens (tertiary/aromatic N) is 1. The van der Waals surface area contributed by atoms with Gasteiger partial charge >= 0.3 is 0 Å². The van der Waals surface area contributed by atoms with Gasteiger partial charge in [-0.25, -0.2) is 0 Å². The van der Waals surface area contributed by atoms with Crippen LogP contribution in [0.2, 0.25) is 5.02 Å². The molecule has 1 fully saturated rings. The standard InChI is InChI=1S/C15H20ClNO4/c1-19-11-4-6-17(7-5-11)15(18)10-8-12(16)14(21-3)13(9-10)20-2/h8-9,11H,4-7H2,1-3H3. The van der Waals surface area contributed by atoms with E-state index in [9.17, 15) is 4.79 Å². The van der Waals surface area contributed by atoms with E-state index in [1.807, 2.05) is 4.90 Å². The number of rotatable bonds is 4. The van der Waals surface area contributed by atoms with Gasteiger partial charge < -0.3 is 19.1 Å². The van der Waals surface area contributed by atoms with E-state index in [-0.39, 0.29) is 12.0 Å². The average Bonchev–Trinajstić information content (AvgIpc) is 2.53. The van der Waals surface area contributed by atoms with E-state index < -0.39 is 0 Å². The number of benzene rings is 1. The molecule has 0 bridgehead atoms. The molecule has 0 atom stereocenters. The van der Waals surface area contributed by atoms with Crippen LogP contribution in [-0.2, 0) is 4.74 Å². The van der Waals surface area contributed by atoms with Crippen LogP contribution in [0.15, 0.2) is 12.1 Å². The van der Waals surface area contributed by atoms with Gasteiger partial charge in [0.2, 0.25) is 0 Å². The number of likely N-dealkylation sites (tertiary alicyclic amines) is 1. The number of hydrogen-bond donors (Lipinski definition) is 0. The first-order chi connectivity index (χ1) is 10.1. The van der Waals surface area contributed by atoms with Crippen LogP contribution < -0.4 is 9.47 Å². The molecule has 0 radical (unpaired) electrons. The first-order valence-electron chi connectivity index (χ1n) is 6.84. The third kappa shape index (κ3) is 3.41. The molecule has 0 aromatic heterocycles. The highest BCUT2D eigenvalue weighted by Crippen LogP contribution is 2.36. The van der Waals surface area contributed by atoms with E-state index in [4.69, 9.17) is 25.8 Å². The Labute approximate surface area is 129 Å². The topological polar surface area (TPSA) is 48.0 Å². The van der Waals surface area contributed by atoms with Gasteiger partial charge in [0.05, 0.1) is 25.3 Å². The van der Waals surface area contributed by atoms with Crippen molar-refractivity contribution in [2.24, 2.45) is 0 Å². The molecule has 1 aliphatic rings.